The minimum absolute atomic E-state index is 0.165. The van der Waals surface area contributed by atoms with E-state index in [1.165, 1.54) is 0 Å². The molecule has 1 aromatic heterocycles. The number of hydrogen-bond acceptors (Lipinski definition) is 3. The van der Waals surface area contributed by atoms with Gasteiger partial charge in [0.2, 0.25) is 0 Å². The van der Waals surface area contributed by atoms with Gasteiger partial charge >= 0.3 is 6.18 Å². The highest BCUT2D eigenvalue weighted by molar-refractivity contribution is 9.10. The molecular formula is C14H11BrF3N3. The predicted octanol–water partition coefficient (Wildman–Crippen LogP) is 3.45. The van der Waals surface area contributed by atoms with E-state index in [-0.39, 0.29) is 24.4 Å². The summed E-state index contributed by atoms with van der Waals surface area (Å²) in [6.07, 6.45) is -4.19. The van der Waals surface area contributed by atoms with Gasteiger partial charge in [-0.05, 0) is 11.6 Å². The number of nitrogens with one attached hydrogen (secondary N) is 1. The van der Waals surface area contributed by atoms with Gasteiger partial charge in [0.15, 0.2) is 5.69 Å². The highest BCUT2D eigenvalue weighted by atomic mass is 79.9. The molecule has 0 amide bonds. The van der Waals surface area contributed by atoms with Gasteiger partial charge in [0.25, 0.3) is 0 Å². The Bertz CT molecular complexity index is 686. The minimum atomic E-state index is -4.46. The molecule has 21 heavy (non-hydrogen) atoms. The molecule has 0 saturated heterocycles. The van der Waals surface area contributed by atoms with E-state index in [0.29, 0.717) is 12.2 Å². The third-order valence-corrected chi connectivity index (χ3v) is 4.08. The van der Waals surface area contributed by atoms with Crippen LogP contribution in [0.3, 0.4) is 0 Å². The minimum Gasteiger partial charge on any atom is -0.307 e. The molecule has 3 nitrogen and oxygen atoms in total. The zero-order valence-corrected chi connectivity index (χ0v) is 12.4. The average molecular weight is 358 g/mol. The molecule has 2 heterocycles. The third kappa shape index (κ3) is 2.94. The van der Waals surface area contributed by atoms with Crippen molar-refractivity contribution in [1.82, 2.24) is 15.3 Å². The highest BCUT2D eigenvalue weighted by Gasteiger charge is 2.38. The Balaban J connectivity index is 2.03. The number of halogens is 4. The fourth-order valence-electron chi connectivity index (χ4n) is 2.34. The Morgan fingerprint density at radius 1 is 1.14 bits per heavy atom. The van der Waals surface area contributed by atoms with Gasteiger partial charge in [-0.1, -0.05) is 34.1 Å². The summed E-state index contributed by atoms with van der Waals surface area (Å²) in [4.78, 5) is 8.02. The van der Waals surface area contributed by atoms with Crippen LogP contribution >= 0.6 is 15.9 Å². The van der Waals surface area contributed by atoms with Gasteiger partial charge < -0.3 is 5.32 Å². The van der Waals surface area contributed by atoms with Gasteiger partial charge in [0.1, 0.15) is 5.82 Å². The van der Waals surface area contributed by atoms with E-state index in [4.69, 9.17) is 0 Å². The van der Waals surface area contributed by atoms with E-state index in [0.717, 1.165) is 10.0 Å². The molecule has 0 fully saturated rings. The maximum absolute atomic E-state index is 13.1. The lowest BCUT2D eigenvalue weighted by atomic mass is 10.1. The van der Waals surface area contributed by atoms with Crippen molar-refractivity contribution >= 4 is 15.9 Å². The van der Waals surface area contributed by atoms with Crippen LogP contribution in [0.2, 0.25) is 0 Å². The number of nitrogens with zero attached hydrogens (tertiary/aromatic N) is 2. The normalized spacial score (nSPS) is 14.3. The van der Waals surface area contributed by atoms with E-state index in [1.807, 2.05) is 24.3 Å². The molecule has 1 aromatic carbocycles. The van der Waals surface area contributed by atoms with Crippen LogP contribution in [-0.2, 0) is 25.7 Å². The van der Waals surface area contributed by atoms with Crippen LogP contribution in [0.15, 0.2) is 28.7 Å². The van der Waals surface area contributed by atoms with Crippen molar-refractivity contribution in [3.05, 3.63) is 57.1 Å². The first-order valence-electron chi connectivity index (χ1n) is 6.35. The molecule has 0 unspecified atom stereocenters. The van der Waals surface area contributed by atoms with Crippen LogP contribution in [-0.4, -0.2) is 9.97 Å². The molecule has 1 aliphatic rings. The number of fused-ring (bicyclic) bond motifs is 1. The second-order valence-corrected chi connectivity index (χ2v) is 5.64. The number of hydrogen-bond donors (Lipinski definition) is 1. The van der Waals surface area contributed by atoms with Crippen LogP contribution in [0, 0.1) is 0 Å². The van der Waals surface area contributed by atoms with Gasteiger partial charge in [-0.2, -0.15) is 13.2 Å². The largest absolute Gasteiger partial charge is 0.433 e. The molecule has 1 aliphatic heterocycles. The molecule has 1 N–H and O–H groups in total. The summed E-state index contributed by atoms with van der Waals surface area (Å²) in [6, 6.07) is 7.36. The first-order chi connectivity index (χ1) is 9.95. The molecule has 110 valence electrons. The molecule has 0 aliphatic carbocycles. The first kappa shape index (κ1) is 14.5. The van der Waals surface area contributed by atoms with Crippen LogP contribution in [0.5, 0.6) is 0 Å². The summed E-state index contributed by atoms with van der Waals surface area (Å²) in [5, 5.41) is 2.89. The van der Waals surface area contributed by atoms with E-state index in [1.54, 1.807) is 0 Å². The van der Waals surface area contributed by atoms with Crippen molar-refractivity contribution in [2.45, 2.75) is 25.7 Å². The monoisotopic (exact) mass is 357 g/mol. The Morgan fingerprint density at radius 2 is 1.90 bits per heavy atom. The van der Waals surface area contributed by atoms with E-state index in [9.17, 15) is 13.2 Å². The van der Waals surface area contributed by atoms with Crippen LogP contribution < -0.4 is 5.32 Å². The van der Waals surface area contributed by atoms with Gasteiger partial charge in [-0.25, -0.2) is 9.97 Å². The topological polar surface area (TPSA) is 37.8 Å². The first-order valence-corrected chi connectivity index (χ1v) is 7.14. The summed E-state index contributed by atoms with van der Waals surface area (Å²) in [6.45, 7) is 0.517. The van der Waals surface area contributed by atoms with Crippen molar-refractivity contribution < 1.29 is 13.2 Å². The second kappa shape index (κ2) is 5.38. The maximum Gasteiger partial charge on any atom is 0.433 e. The van der Waals surface area contributed by atoms with E-state index in [2.05, 4.69) is 31.2 Å². The van der Waals surface area contributed by atoms with E-state index >= 15 is 0 Å². The highest BCUT2D eigenvalue weighted by Crippen LogP contribution is 2.33. The summed E-state index contributed by atoms with van der Waals surface area (Å²) in [5.41, 5.74) is 0.647. The fraction of sp³-hybridized carbons (Fsp3) is 0.286. The van der Waals surface area contributed by atoms with Gasteiger partial charge in [-0.3, -0.25) is 0 Å². The molecule has 3 rings (SSSR count). The summed E-state index contributed by atoms with van der Waals surface area (Å²) in [7, 11) is 0. The van der Waals surface area contributed by atoms with Crippen LogP contribution in [0.1, 0.15) is 28.3 Å². The fourth-order valence-corrected chi connectivity index (χ4v) is 2.77. The lowest BCUT2D eigenvalue weighted by Gasteiger charge is -2.12. The molecule has 0 bridgehead atoms. The standard InChI is InChI=1S/C14H11BrF3N3/c15-10-4-2-1-3-8(10)5-12-20-11-7-19-6-9(11)13(21-12)14(16,17)18/h1-4,19H,5-7H2. The van der Waals surface area contributed by atoms with Crippen molar-refractivity contribution in [3.63, 3.8) is 0 Å². The van der Waals surface area contributed by atoms with Gasteiger partial charge in [0.05, 0.1) is 5.69 Å². The molecule has 2 aromatic rings. The summed E-state index contributed by atoms with van der Waals surface area (Å²) in [5.74, 6) is 0.191. The predicted molar refractivity (Wildman–Crippen MR) is 74.5 cm³/mol. The number of rotatable bonds is 2. The van der Waals surface area contributed by atoms with Crippen LogP contribution in [0.25, 0.3) is 0 Å². The lowest BCUT2D eigenvalue weighted by molar-refractivity contribution is -0.142. The smallest absolute Gasteiger partial charge is 0.307 e. The lowest BCUT2D eigenvalue weighted by Crippen LogP contribution is -2.16. The Labute approximate surface area is 127 Å². The van der Waals surface area contributed by atoms with Crippen molar-refractivity contribution in [2.24, 2.45) is 0 Å². The number of aromatic nitrogens is 2. The van der Waals surface area contributed by atoms with Crippen molar-refractivity contribution in [2.75, 3.05) is 0 Å². The van der Waals surface area contributed by atoms with Crippen molar-refractivity contribution in [3.8, 4) is 0 Å². The maximum atomic E-state index is 13.1. The summed E-state index contributed by atoms with van der Waals surface area (Å²) < 4.78 is 40.2. The molecular weight excluding hydrogens is 347 g/mol. The Hall–Kier alpha value is -1.47. The van der Waals surface area contributed by atoms with Crippen molar-refractivity contribution in [1.29, 1.82) is 0 Å². The molecule has 7 heteroatoms. The summed E-state index contributed by atoms with van der Waals surface area (Å²) >= 11 is 3.38. The SMILES string of the molecule is FC(F)(F)c1nc(Cc2ccccc2Br)nc2c1CNC2. The molecule has 0 atom stereocenters. The quantitative estimate of drug-likeness (QED) is 0.894. The average Bonchev–Trinajstić information content (AvgIpc) is 2.87. The van der Waals surface area contributed by atoms with E-state index < -0.39 is 11.9 Å². The Kier molecular flexibility index (Phi) is 3.71. The molecule has 0 spiro atoms. The molecule has 0 radical (unpaired) electrons. The van der Waals surface area contributed by atoms with Crippen LogP contribution in [0.4, 0.5) is 13.2 Å². The van der Waals surface area contributed by atoms with Gasteiger partial charge in [-0.15, -0.1) is 0 Å². The number of alkyl halides is 3. The second-order valence-electron chi connectivity index (χ2n) is 4.78. The van der Waals surface area contributed by atoms with Gasteiger partial charge in [0, 0.05) is 29.5 Å². The number of benzene rings is 1. The zero-order chi connectivity index (χ0) is 15.0. The third-order valence-electron chi connectivity index (χ3n) is 3.31. The Morgan fingerprint density at radius 3 is 2.62 bits per heavy atom. The zero-order valence-electron chi connectivity index (χ0n) is 10.8. The molecule has 0 saturated carbocycles.